The zero-order chi connectivity index (χ0) is 11.7. The number of furan rings is 1. The number of nitrogens with one attached hydrogen (secondary N) is 1. The van der Waals surface area contributed by atoms with Gasteiger partial charge in [-0.3, -0.25) is 0 Å². The van der Waals surface area contributed by atoms with E-state index in [-0.39, 0.29) is 17.7 Å². The molecule has 1 aliphatic heterocycles. The summed E-state index contributed by atoms with van der Waals surface area (Å²) in [5, 5.41) is 13.9. The van der Waals surface area contributed by atoms with Gasteiger partial charge in [0.2, 0.25) is 0 Å². The van der Waals surface area contributed by atoms with Crippen molar-refractivity contribution in [1.82, 2.24) is 5.32 Å². The zero-order valence-electron chi connectivity index (χ0n) is 10.2. The molecular weight excluding hydrogens is 214 g/mol. The fourth-order valence-corrected chi connectivity index (χ4v) is 3.55. The lowest BCUT2D eigenvalue weighted by Crippen LogP contribution is -2.54. The minimum Gasteiger partial charge on any atom is -0.468 e. The molecule has 2 N–H and O–H groups in total. The molecule has 2 heterocycles. The van der Waals surface area contributed by atoms with Crippen LogP contribution in [0.25, 0.3) is 0 Å². The maximum absolute atomic E-state index is 10.1. The van der Waals surface area contributed by atoms with Gasteiger partial charge in [0.15, 0.2) is 0 Å². The molecule has 1 spiro atoms. The minimum absolute atomic E-state index is 0.160. The lowest BCUT2D eigenvalue weighted by molar-refractivity contribution is 0.0299. The SMILES string of the molecule is O[C@@H]1C[C@@H](c2ccco2)NC2(CCCCC2)C1. The molecule has 1 saturated heterocycles. The third kappa shape index (κ3) is 2.26. The van der Waals surface area contributed by atoms with Gasteiger partial charge in [-0.25, -0.2) is 0 Å². The lowest BCUT2D eigenvalue weighted by atomic mass is 9.74. The molecule has 2 aliphatic rings. The molecule has 0 aromatic carbocycles. The van der Waals surface area contributed by atoms with Gasteiger partial charge in [-0.15, -0.1) is 0 Å². The summed E-state index contributed by atoms with van der Waals surface area (Å²) >= 11 is 0. The quantitative estimate of drug-likeness (QED) is 0.786. The molecule has 0 bridgehead atoms. The van der Waals surface area contributed by atoms with Crippen LogP contribution in [-0.2, 0) is 0 Å². The maximum Gasteiger partial charge on any atom is 0.120 e. The van der Waals surface area contributed by atoms with Gasteiger partial charge in [-0.05, 0) is 37.8 Å². The van der Waals surface area contributed by atoms with Gasteiger partial charge in [0, 0.05) is 5.54 Å². The van der Waals surface area contributed by atoms with Crippen LogP contribution < -0.4 is 5.32 Å². The van der Waals surface area contributed by atoms with E-state index in [1.165, 1.54) is 32.1 Å². The Morgan fingerprint density at radius 2 is 2.12 bits per heavy atom. The smallest absolute Gasteiger partial charge is 0.120 e. The van der Waals surface area contributed by atoms with Gasteiger partial charge < -0.3 is 14.8 Å². The summed E-state index contributed by atoms with van der Waals surface area (Å²) in [7, 11) is 0. The Hall–Kier alpha value is -0.800. The van der Waals surface area contributed by atoms with Crippen molar-refractivity contribution < 1.29 is 9.52 Å². The molecule has 2 fully saturated rings. The fraction of sp³-hybridized carbons (Fsp3) is 0.714. The highest BCUT2D eigenvalue weighted by Gasteiger charge is 2.41. The molecule has 17 heavy (non-hydrogen) atoms. The van der Waals surface area contributed by atoms with Gasteiger partial charge in [0.1, 0.15) is 5.76 Å². The second kappa shape index (κ2) is 4.46. The van der Waals surface area contributed by atoms with Gasteiger partial charge in [0.05, 0.1) is 18.4 Å². The van der Waals surface area contributed by atoms with Crippen LogP contribution in [-0.4, -0.2) is 16.7 Å². The predicted molar refractivity (Wildman–Crippen MR) is 65.6 cm³/mol. The summed E-state index contributed by atoms with van der Waals surface area (Å²) in [6.45, 7) is 0. The summed E-state index contributed by atoms with van der Waals surface area (Å²) in [4.78, 5) is 0. The van der Waals surface area contributed by atoms with Crippen LogP contribution in [0.4, 0.5) is 0 Å². The standard InChI is InChI=1S/C14H21NO2/c16-11-9-12(13-5-4-8-17-13)15-14(10-11)6-2-1-3-7-14/h4-5,8,11-12,15-16H,1-3,6-7,9-10H2/t11-,12+/m1/s1. The van der Waals surface area contributed by atoms with E-state index in [1.807, 2.05) is 12.1 Å². The van der Waals surface area contributed by atoms with Gasteiger partial charge >= 0.3 is 0 Å². The van der Waals surface area contributed by atoms with Crippen molar-refractivity contribution in [1.29, 1.82) is 0 Å². The topological polar surface area (TPSA) is 45.4 Å². The maximum atomic E-state index is 10.1. The Bertz CT molecular complexity index is 354. The first-order chi connectivity index (χ1) is 8.27. The van der Waals surface area contributed by atoms with Gasteiger partial charge in [0.25, 0.3) is 0 Å². The Morgan fingerprint density at radius 3 is 2.82 bits per heavy atom. The molecule has 1 aliphatic carbocycles. The highest BCUT2D eigenvalue weighted by atomic mass is 16.3. The summed E-state index contributed by atoms with van der Waals surface area (Å²) in [5.41, 5.74) is 0.160. The number of aliphatic hydroxyl groups is 1. The first kappa shape index (κ1) is 11.3. The average Bonchev–Trinajstić information content (AvgIpc) is 2.82. The summed E-state index contributed by atoms with van der Waals surface area (Å²) < 4.78 is 5.48. The Kier molecular flexibility index (Phi) is 2.97. The fourth-order valence-electron chi connectivity index (χ4n) is 3.55. The molecule has 1 aromatic rings. The number of hydrogen-bond acceptors (Lipinski definition) is 3. The number of hydrogen-bond donors (Lipinski definition) is 2. The van der Waals surface area contributed by atoms with Crippen molar-refractivity contribution in [3.63, 3.8) is 0 Å². The monoisotopic (exact) mass is 235 g/mol. The Labute approximate surface area is 102 Å². The van der Waals surface area contributed by atoms with Crippen LogP contribution in [0.5, 0.6) is 0 Å². The molecule has 3 heteroatoms. The van der Waals surface area contributed by atoms with Crippen molar-refractivity contribution in [2.75, 3.05) is 0 Å². The molecule has 0 amide bonds. The summed E-state index contributed by atoms with van der Waals surface area (Å²) in [5.74, 6) is 0.966. The Balaban J connectivity index is 1.79. The molecule has 0 radical (unpaired) electrons. The van der Waals surface area contributed by atoms with Crippen LogP contribution in [0.3, 0.4) is 0 Å². The second-order valence-electron chi connectivity index (χ2n) is 5.65. The first-order valence-electron chi connectivity index (χ1n) is 6.77. The van der Waals surface area contributed by atoms with Crippen LogP contribution >= 0.6 is 0 Å². The largest absolute Gasteiger partial charge is 0.468 e. The van der Waals surface area contributed by atoms with E-state index >= 15 is 0 Å². The third-order valence-electron chi connectivity index (χ3n) is 4.31. The van der Waals surface area contributed by atoms with E-state index in [9.17, 15) is 5.11 Å². The molecule has 1 saturated carbocycles. The van der Waals surface area contributed by atoms with Crippen molar-refractivity contribution >= 4 is 0 Å². The van der Waals surface area contributed by atoms with Gasteiger partial charge in [-0.1, -0.05) is 19.3 Å². The summed E-state index contributed by atoms with van der Waals surface area (Å²) in [6.07, 6.45) is 9.50. The molecule has 0 unspecified atom stereocenters. The first-order valence-corrected chi connectivity index (χ1v) is 6.77. The van der Waals surface area contributed by atoms with E-state index in [2.05, 4.69) is 5.32 Å². The van der Waals surface area contributed by atoms with Crippen molar-refractivity contribution in [3.8, 4) is 0 Å². The molecule has 94 valence electrons. The molecule has 1 aromatic heterocycles. The van der Waals surface area contributed by atoms with E-state index < -0.39 is 0 Å². The molecular formula is C14H21NO2. The van der Waals surface area contributed by atoms with Crippen LogP contribution in [0.2, 0.25) is 0 Å². The van der Waals surface area contributed by atoms with E-state index in [0.717, 1.165) is 18.6 Å². The van der Waals surface area contributed by atoms with E-state index in [1.54, 1.807) is 6.26 Å². The predicted octanol–water partition coefficient (Wildman–Crippen LogP) is 2.77. The highest BCUT2D eigenvalue weighted by molar-refractivity contribution is 5.10. The van der Waals surface area contributed by atoms with Crippen LogP contribution in [0, 0.1) is 0 Å². The third-order valence-corrected chi connectivity index (χ3v) is 4.31. The Morgan fingerprint density at radius 1 is 1.29 bits per heavy atom. The van der Waals surface area contributed by atoms with Crippen molar-refractivity contribution in [2.24, 2.45) is 0 Å². The van der Waals surface area contributed by atoms with E-state index in [0.29, 0.717) is 0 Å². The van der Waals surface area contributed by atoms with E-state index in [4.69, 9.17) is 4.42 Å². The number of aliphatic hydroxyl groups excluding tert-OH is 1. The average molecular weight is 235 g/mol. The molecule has 3 rings (SSSR count). The minimum atomic E-state index is -0.190. The summed E-state index contributed by atoms with van der Waals surface area (Å²) in [6, 6.07) is 4.12. The zero-order valence-corrected chi connectivity index (χ0v) is 10.2. The number of piperidine rings is 1. The highest BCUT2D eigenvalue weighted by Crippen LogP contribution is 2.39. The normalized spacial score (nSPS) is 32.8. The number of rotatable bonds is 1. The van der Waals surface area contributed by atoms with Crippen LogP contribution in [0.15, 0.2) is 22.8 Å². The molecule has 3 nitrogen and oxygen atoms in total. The molecule has 2 atom stereocenters. The lowest BCUT2D eigenvalue weighted by Gasteiger charge is -2.46. The van der Waals surface area contributed by atoms with Crippen LogP contribution in [0.1, 0.15) is 56.7 Å². The van der Waals surface area contributed by atoms with Crippen molar-refractivity contribution in [3.05, 3.63) is 24.2 Å². The second-order valence-corrected chi connectivity index (χ2v) is 5.65. The van der Waals surface area contributed by atoms with Gasteiger partial charge in [-0.2, -0.15) is 0 Å². The van der Waals surface area contributed by atoms with Crippen molar-refractivity contribution in [2.45, 2.75) is 62.6 Å².